The molecule has 4 aliphatic rings. The number of aromatic nitrogens is 1. The fraction of sp³-hybridized carbons (Fsp3) is 0.123. The molecule has 7 aromatic carbocycles. The number of ether oxygens (including phenoxy) is 1. The molecule has 2 nitrogen and oxygen atoms in total. The maximum Gasteiger partial charge on any atom is 0.131 e. The van der Waals surface area contributed by atoms with E-state index in [2.05, 4.69) is 163 Å². The van der Waals surface area contributed by atoms with E-state index in [9.17, 15) is 4.39 Å². The highest BCUT2D eigenvalue weighted by molar-refractivity contribution is 6.09. The lowest BCUT2D eigenvalue weighted by Gasteiger charge is -2.43. The third-order valence-electron chi connectivity index (χ3n) is 13.6. The van der Waals surface area contributed by atoms with Crippen molar-refractivity contribution in [2.75, 3.05) is 0 Å². The van der Waals surface area contributed by atoms with Gasteiger partial charge in [0, 0.05) is 45.7 Å². The first-order valence-electron chi connectivity index (χ1n) is 21.3. The molecule has 3 atom stereocenters. The van der Waals surface area contributed by atoms with E-state index in [1.54, 1.807) is 12.1 Å². The van der Waals surface area contributed by atoms with Crippen molar-refractivity contribution in [3.05, 3.63) is 261 Å². The van der Waals surface area contributed by atoms with Crippen LogP contribution in [0.25, 0.3) is 27.4 Å². The number of fused-ring (bicyclic) bond motifs is 10. The third-order valence-corrected chi connectivity index (χ3v) is 13.6. The van der Waals surface area contributed by atoms with Gasteiger partial charge in [-0.2, -0.15) is 0 Å². The van der Waals surface area contributed by atoms with E-state index < -0.39 is 5.41 Å². The van der Waals surface area contributed by atoms with E-state index >= 15 is 0 Å². The van der Waals surface area contributed by atoms with Crippen molar-refractivity contribution >= 4 is 27.4 Å². The molecule has 1 spiro atoms. The number of rotatable bonds is 6. The molecule has 1 N–H and O–H groups in total. The van der Waals surface area contributed by atoms with Crippen LogP contribution in [0, 0.1) is 5.82 Å². The van der Waals surface area contributed by atoms with Gasteiger partial charge in [-0.25, -0.2) is 4.39 Å². The number of allylic oxidation sites excluding steroid dienone is 8. The summed E-state index contributed by atoms with van der Waals surface area (Å²) in [5.41, 5.74) is 17.2. The Balaban J connectivity index is 1.07. The van der Waals surface area contributed by atoms with E-state index in [0.29, 0.717) is 0 Å². The summed E-state index contributed by atoms with van der Waals surface area (Å²) in [6.07, 6.45) is 11.1. The maximum atomic E-state index is 14.2. The van der Waals surface area contributed by atoms with Crippen LogP contribution in [0.1, 0.15) is 82.0 Å². The molecule has 12 rings (SSSR count). The Morgan fingerprint density at radius 3 is 2.10 bits per heavy atom. The topological polar surface area (TPSA) is 25.0 Å². The number of aromatic amines is 1. The lowest BCUT2D eigenvalue weighted by atomic mass is 9.62. The van der Waals surface area contributed by atoms with Gasteiger partial charge in [-0.3, -0.25) is 0 Å². The fourth-order valence-electron chi connectivity index (χ4n) is 11.2. The highest BCUT2D eigenvalue weighted by atomic mass is 19.1. The van der Waals surface area contributed by atoms with E-state index in [-0.39, 0.29) is 17.7 Å². The highest BCUT2D eigenvalue weighted by Crippen LogP contribution is 2.64. The molecule has 0 amide bonds. The molecule has 1 aliphatic heterocycles. The number of hydrogen-bond acceptors (Lipinski definition) is 1. The van der Waals surface area contributed by atoms with Crippen LogP contribution in [-0.2, 0) is 5.41 Å². The molecule has 0 fully saturated rings. The molecule has 2 heterocycles. The second-order valence-electron chi connectivity index (χ2n) is 16.7. The molecule has 0 saturated heterocycles. The van der Waals surface area contributed by atoms with Crippen molar-refractivity contribution in [2.24, 2.45) is 0 Å². The molecule has 0 bridgehead atoms. The van der Waals surface area contributed by atoms with Gasteiger partial charge in [0.25, 0.3) is 0 Å². The monoisotopic (exact) mass is 775 g/mol. The second kappa shape index (κ2) is 13.8. The summed E-state index contributed by atoms with van der Waals surface area (Å²) < 4.78 is 21.0. The van der Waals surface area contributed by atoms with Crippen LogP contribution in [0.15, 0.2) is 211 Å². The summed E-state index contributed by atoms with van der Waals surface area (Å²) in [4.78, 5) is 3.95. The largest absolute Gasteiger partial charge is 0.461 e. The van der Waals surface area contributed by atoms with Crippen LogP contribution in [0.5, 0.6) is 5.75 Å². The zero-order valence-corrected chi connectivity index (χ0v) is 33.2. The van der Waals surface area contributed by atoms with Crippen LogP contribution in [-0.4, -0.2) is 4.98 Å². The third kappa shape index (κ3) is 5.18. The Morgan fingerprint density at radius 2 is 1.28 bits per heavy atom. The quantitative estimate of drug-likeness (QED) is 0.167. The van der Waals surface area contributed by atoms with Crippen molar-refractivity contribution < 1.29 is 9.13 Å². The lowest BCUT2D eigenvalue weighted by molar-refractivity contribution is 0.361. The minimum absolute atomic E-state index is 0.0300. The van der Waals surface area contributed by atoms with E-state index in [1.807, 2.05) is 18.2 Å². The average molecular weight is 776 g/mol. The van der Waals surface area contributed by atoms with Crippen molar-refractivity contribution in [3.63, 3.8) is 0 Å². The number of H-pyrrole nitrogens is 1. The van der Waals surface area contributed by atoms with Crippen LogP contribution < -0.4 is 4.74 Å². The molecule has 3 heteroatoms. The van der Waals surface area contributed by atoms with Crippen LogP contribution >= 0.6 is 0 Å². The molecule has 1 aromatic heterocycles. The Morgan fingerprint density at radius 1 is 0.583 bits per heavy atom. The predicted molar refractivity (Wildman–Crippen MR) is 242 cm³/mol. The first-order valence-corrected chi connectivity index (χ1v) is 21.3. The van der Waals surface area contributed by atoms with Crippen molar-refractivity contribution in [1.82, 2.24) is 4.98 Å². The summed E-state index contributed by atoms with van der Waals surface area (Å²) in [7, 11) is 0. The number of nitrogens with one attached hydrogen (secondary N) is 1. The lowest BCUT2D eigenvalue weighted by Crippen LogP contribution is -2.36. The van der Waals surface area contributed by atoms with Gasteiger partial charge in [-0.15, -0.1) is 0 Å². The molecule has 3 aliphatic carbocycles. The zero-order chi connectivity index (χ0) is 39.8. The molecular weight excluding hydrogens is 734 g/mol. The molecule has 0 saturated carbocycles. The molecular formula is C57H42FNO. The smallest absolute Gasteiger partial charge is 0.131 e. The first kappa shape index (κ1) is 35.0. The molecule has 60 heavy (non-hydrogen) atoms. The number of halogens is 1. The average Bonchev–Trinajstić information content (AvgIpc) is 3.83. The summed E-state index contributed by atoms with van der Waals surface area (Å²) in [5, 5.41) is 2.38. The van der Waals surface area contributed by atoms with Gasteiger partial charge in [0.1, 0.15) is 17.3 Å². The Labute approximate surface area is 349 Å². The van der Waals surface area contributed by atoms with Crippen molar-refractivity contribution in [1.29, 1.82) is 0 Å². The van der Waals surface area contributed by atoms with Crippen LogP contribution in [0.3, 0.4) is 0 Å². The van der Waals surface area contributed by atoms with Gasteiger partial charge in [0.05, 0.1) is 10.9 Å². The highest BCUT2D eigenvalue weighted by Gasteiger charge is 2.54. The van der Waals surface area contributed by atoms with Gasteiger partial charge in [-0.05, 0) is 105 Å². The number of hydrogen-bond donors (Lipinski definition) is 1. The van der Waals surface area contributed by atoms with Gasteiger partial charge in [-0.1, -0.05) is 158 Å². The fourth-order valence-corrected chi connectivity index (χ4v) is 11.2. The molecule has 3 unspecified atom stereocenters. The second-order valence-corrected chi connectivity index (χ2v) is 16.7. The van der Waals surface area contributed by atoms with E-state index in [0.717, 1.165) is 53.8 Å². The summed E-state index contributed by atoms with van der Waals surface area (Å²) in [5.74, 6) is 1.78. The molecule has 288 valence electrons. The first-order chi connectivity index (χ1) is 29.7. The summed E-state index contributed by atoms with van der Waals surface area (Å²) in [6, 6.07) is 60.2. The maximum absolute atomic E-state index is 14.2. The minimum Gasteiger partial charge on any atom is -0.461 e. The van der Waals surface area contributed by atoms with E-state index in [1.165, 1.54) is 72.0 Å². The normalized spacial score (nSPS) is 18.8. The Kier molecular flexibility index (Phi) is 8.06. The Hall–Kier alpha value is -6.97. The predicted octanol–water partition coefficient (Wildman–Crippen LogP) is 14.2. The van der Waals surface area contributed by atoms with Gasteiger partial charge in [0.2, 0.25) is 0 Å². The number of benzene rings is 7. The minimum atomic E-state index is -0.420. The molecule has 0 radical (unpaired) electrons. The van der Waals surface area contributed by atoms with Gasteiger partial charge >= 0.3 is 0 Å². The van der Waals surface area contributed by atoms with Crippen molar-refractivity contribution in [2.45, 2.75) is 42.9 Å². The SMILES string of the molecule is Fc1ccc(C(c2ccccc2)c2ccc3[nH]c4c(C(C5=CCCC6=C5c5ccccc5C65C6=C(CCC=C6)Oc6ccccc65)c5ccccc5)cccc4c3c2)cc1. The summed E-state index contributed by atoms with van der Waals surface area (Å²) >= 11 is 0. The Bertz CT molecular complexity index is 3130. The van der Waals surface area contributed by atoms with Crippen molar-refractivity contribution in [3.8, 4) is 5.75 Å². The van der Waals surface area contributed by atoms with Gasteiger partial charge in [0.15, 0.2) is 0 Å². The molecule has 8 aromatic rings. The van der Waals surface area contributed by atoms with Gasteiger partial charge < -0.3 is 9.72 Å². The van der Waals surface area contributed by atoms with E-state index in [4.69, 9.17) is 4.74 Å². The van der Waals surface area contributed by atoms with Crippen LogP contribution in [0.4, 0.5) is 4.39 Å². The zero-order valence-electron chi connectivity index (χ0n) is 33.2. The standard InChI is InChI=1S/C57H42FNO/c58-40-32-29-38(30-33-40)53(36-15-3-1-4-16-36)39-31-34-50-45(35-39)41-20-13-22-44(56(41)59-50)54(37-17-5-2-6-18-37)43-21-14-26-49-55(43)42-19-7-8-23-46(42)57(49)47-24-9-11-27-51(47)60-52-28-12-10-25-48(52)57/h1-11,13,15-25,27,29-35,53-54,59H,12,14,26,28H2. The van der Waals surface area contributed by atoms with Crippen LogP contribution in [0.2, 0.25) is 0 Å². The number of para-hydroxylation sites is 2. The summed E-state index contributed by atoms with van der Waals surface area (Å²) in [6.45, 7) is 0.